The summed E-state index contributed by atoms with van der Waals surface area (Å²) >= 11 is 0. The molecule has 0 spiro atoms. The summed E-state index contributed by atoms with van der Waals surface area (Å²) in [6.45, 7) is 7.20. The molecule has 0 saturated carbocycles. The second-order valence-electron chi connectivity index (χ2n) is 4.27. The van der Waals surface area contributed by atoms with Gasteiger partial charge in [-0.25, -0.2) is 0 Å². The minimum Gasteiger partial charge on any atom is -0.383 e. The fourth-order valence-electron chi connectivity index (χ4n) is 1.73. The first-order valence-electron chi connectivity index (χ1n) is 5.74. The average molecular weight is 230 g/mol. The van der Waals surface area contributed by atoms with Crippen LogP contribution >= 0.6 is 0 Å². The highest BCUT2D eigenvalue weighted by atomic mass is 16.5. The number of amides is 1. The smallest absolute Gasteiger partial charge is 0.234 e. The normalized spacial score (nSPS) is 26.7. The van der Waals surface area contributed by atoms with Gasteiger partial charge in [-0.3, -0.25) is 9.69 Å². The molecular formula is C11H22N2O3. The van der Waals surface area contributed by atoms with Crippen LogP contribution in [0.4, 0.5) is 0 Å². The van der Waals surface area contributed by atoms with Crippen LogP contribution in [0.1, 0.15) is 13.8 Å². The molecule has 2 atom stereocenters. The summed E-state index contributed by atoms with van der Waals surface area (Å²) in [5.74, 6) is 0.0537. The number of rotatable bonds is 5. The van der Waals surface area contributed by atoms with E-state index in [4.69, 9.17) is 9.47 Å². The number of methoxy groups -OCH3 is 1. The van der Waals surface area contributed by atoms with E-state index in [1.807, 2.05) is 6.92 Å². The maximum absolute atomic E-state index is 11.6. The molecule has 0 bridgehead atoms. The number of carbonyl (C=O) groups excluding carboxylic acids is 1. The Kier molecular flexibility index (Phi) is 5.73. The van der Waals surface area contributed by atoms with Crippen molar-refractivity contribution in [2.45, 2.75) is 26.0 Å². The number of nitrogens with one attached hydrogen (secondary N) is 1. The van der Waals surface area contributed by atoms with Crippen LogP contribution in [0.3, 0.4) is 0 Å². The van der Waals surface area contributed by atoms with Gasteiger partial charge in [0.05, 0.1) is 25.9 Å². The predicted molar refractivity (Wildman–Crippen MR) is 61.3 cm³/mol. The van der Waals surface area contributed by atoms with Gasteiger partial charge in [0.15, 0.2) is 0 Å². The fourth-order valence-corrected chi connectivity index (χ4v) is 1.73. The monoisotopic (exact) mass is 230 g/mol. The quantitative estimate of drug-likeness (QED) is 0.668. The van der Waals surface area contributed by atoms with Crippen LogP contribution in [0.15, 0.2) is 0 Å². The molecule has 0 radical (unpaired) electrons. The second-order valence-corrected chi connectivity index (χ2v) is 4.27. The Balaban J connectivity index is 2.25. The minimum atomic E-state index is 0.0537. The summed E-state index contributed by atoms with van der Waals surface area (Å²) in [5.41, 5.74) is 0. The Labute approximate surface area is 97.1 Å². The summed E-state index contributed by atoms with van der Waals surface area (Å²) in [4.78, 5) is 13.7. The number of carbonyl (C=O) groups is 1. The van der Waals surface area contributed by atoms with E-state index in [1.165, 1.54) is 0 Å². The highest BCUT2D eigenvalue weighted by Crippen LogP contribution is 2.10. The topological polar surface area (TPSA) is 50.8 Å². The van der Waals surface area contributed by atoms with Crippen molar-refractivity contribution in [1.29, 1.82) is 0 Å². The molecular weight excluding hydrogens is 208 g/mol. The maximum atomic E-state index is 11.6. The van der Waals surface area contributed by atoms with Crippen molar-refractivity contribution in [1.82, 2.24) is 10.2 Å². The van der Waals surface area contributed by atoms with Gasteiger partial charge in [0.1, 0.15) is 0 Å². The molecule has 1 aliphatic heterocycles. The molecule has 0 aromatic carbocycles. The van der Waals surface area contributed by atoms with Crippen LogP contribution in [-0.4, -0.2) is 62.9 Å². The third kappa shape index (κ3) is 4.47. The summed E-state index contributed by atoms with van der Waals surface area (Å²) in [7, 11) is 1.62. The zero-order chi connectivity index (χ0) is 12.0. The van der Waals surface area contributed by atoms with E-state index in [0.29, 0.717) is 32.3 Å². The van der Waals surface area contributed by atoms with Crippen LogP contribution in [0.2, 0.25) is 0 Å². The molecule has 0 unspecified atom stereocenters. The molecule has 1 heterocycles. The van der Waals surface area contributed by atoms with Crippen molar-refractivity contribution in [3.63, 3.8) is 0 Å². The van der Waals surface area contributed by atoms with E-state index in [2.05, 4.69) is 17.1 Å². The summed E-state index contributed by atoms with van der Waals surface area (Å²) in [6, 6.07) is 0.310. The van der Waals surface area contributed by atoms with Gasteiger partial charge < -0.3 is 14.8 Å². The van der Waals surface area contributed by atoms with Gasteiger partial charge in [0.2, 0.25) is 5.91 Å². The van der Waals surface area contributed by atoms with Gasteiger partial charge in [-0.2, -0.15) is 0 Å². The van der Waals surface area contributed by atoms with Crippen molar-refractivity contribution in [2.75, 3.05) is 40.0 Å². The van der Waals surface area contributed by atoms with Gasteiger partial charge in [-0.05, 0) is 13.8 Å². The first-order chi connectivity index (χ1) is 7.63. The predicted octanol–water partition coefficient (Wildman–Crippen LogP) is -0.142. The van der Waals surface area contributed by atoms with Gasteiger partial charge >= 0.3 is 0 Å². The number of morpholine rings is 1. The highest BCUT2D eigenvalue weighted by Gasteiger charge is 2.24. The van der Waals surface area contributed by atoms with Crippen molar-refractivity contribution in [3.05, 3.63) is 0 Å². The highest BCUT2D eigenvalue weighted by molar-refractivity contribution is 5.78. The van der Waals surface area contributed by atoms with Crippen molar-refractivity contribution in [3.8, 4) is 0 Å². The molecule has 5 heteroatoms. The molecule has 0 aromatic rings. The molecule has 1 saturated heterocycles. The second kappa shape index (κ2) is 6.83. The lowest BCUT2D eigenvalue weighted by molar-refractivity contribution is -0.126. The van der Waals surface area contributed by atoms with Crippen molar-refractivity contribution < 1.29 is 14.3 Å². The first kappa shape index (κ1) is 13.4. The lowest BCUT2D eigenvalue weighted by atomic mass is 10.2. The molecule has 5 nitrogen and oxygen atoms in total. The minimum absolute atomic E-state index is 0.0537. The number of nitrogens with zero attached hydrogens (tertiary/aromatic N) is 1. The molecule has 0 aliphatic carbocycles. The van der Waals surface area contributed by atoms with E-state index in [0.717, 1.165) is 6.54 Å². The Morgan fingerprint density at radius 2 is 2.31 bits per heavy atom. The summed E-state index contributed by atoms with van der Waals surface area (Å²) in [5, 5.41) is 2.82. The summed E-state index contributed by atoms with van der Waals surface area (Å²) in [6.07, 6.45) is 0.211. The average Bonchev–Trinajstić information content (AvgIpc) is 2.24. The molecule has 1 aliphatic rings. The number of hydrogen-bond acceptors (Lipinski definition) is 4. The zero-order valence-corrected chi connectivity index (χ0v) is 10.4. The van der Waals surface area contributed by atoms with Gasteiger partial charge in [-0.15, -0.1) is 0 Å². The Morgan fingerprint density at radius 3 is 3.00 bits per heavy atom. The van der Waals surface area contributed by atoms with E-state index in [1.54, 1.807) is 7.11 Å². The third-order valence-corrected chi connectivity index (χ3v) is 2.71. The largest absolute Gasteiger partial charge is 0.383 e. The lowest BCUT2D eigenvalue weighted by Crippen LogP contribution is -2.51. The van der Waals surface area contributed by atoms with Gasteiger partial charge in [-0.1, -0.05) is 0 Å². The van der Waals surface area contributed by atoms with Crippen LogP contribution in [0.5, 0.6) is 0 Å². The first-order valence-corrected chi connectivity index (χ1v) is 5.74. The molecule has 1 amide bonds. The van der Waals surface area contributed by atoms with E-state index in [-0.39, 0.29) is 12.0 Å². The molecule has 1 rings (SSSR count). The SMILES string of the molecule is COCCNC(=O)CN1C[C@H](C)OC[C@@H]1C. The standard InChI is InChI=1S/C11H22N2O3/c1-9-8-16-10(2)6-13(9)7-11(14)12-4-5-15-3/h9-10H,4-8H2,1-3H3,(H,12,14)/t9-,10-/m0/s1. The molecule has 1 fully saturated rings. The summed E-state index contributed by atoms with van der Waals surface area (Å²) < 4.78 is 10.4. The van der Waals surface area contributed by atoms with E-state index < -0.39 is 0 Å². The number of ether oxygens (including phenoxy) is 2. The Morgan fingerprint density at radius 1 is 1.56 bits per heavy atom. The Hall–Kier alpha value is -0.650. The van der Waals surface area contributed by atoms with Crippen LogP contribution in [0, 0.1) is 0 Å². The third-order valence-electron chi connectivity index (χ3n) is 2.71. The number of hydrogen-bond donors (Lipinski definition) is 1. The molecule has 0 aromatic heterocycles. The van der Waals surface area contributed by atoms with Gasteiger partial charge in [0.25, 0.3) is 0 Å². The zero-order valence-electron chi connectivity index (χ0n) is 10.4. The van der Waals surface area contributed by atoms with Crippen molar-refractivity contribution >= 4 is 5.91 Å². The lowest BCUT2D eigenvalue weighted by Gasteiger charge is -2.36. The Bertz CT molecular complexity index is 223. The van der Waals surface area contributed by atoms with Gasteiger partial charge in [0, 0.05) is 26.2 Å². The maximum Gasteiger partial charge on any atom is 0.234 e. The molecule has 16 heavy (non-hydrogen) atoms. The molecule has 1 N–H and O–H groups in total. The van der Waals surface area contributed by atoms with Crippen LogP contribution in [-0.2, 0) is 14.3 Å². The van der Waals surface area contributed by atoms with E-state index in [9.17, 15) is 4.79 Å². The van der Waals surface area contributed by atoms with Crippen LogP contribution in [0.25, 0.3) is 0 Å². The molecule has 94 valence electrons. The van der Waals surface area contributed by atoms with Crippen LogP contribution < -0.4 is 5.32 Å². The fraction of sp³-hybridized carbons (Fsp3) is 0.909. The van der Waals surface area contributed by atoms with Crippen molar-refractivity contribution in [2.24, 2.45) is 0 Å². The van der Waals surface area contributed by atoms with E-state index >= 15 is 0 Å².